The minimum Gasteiger partial charge on any atom is -0.497 e. The number of aliphatic hydroxyl groups is 1. The van der Waals surface area contributed by atoms with Crippen LogP contribution >= 0.6 is 0 Å². The lowest BCUT2D eigenvalue weighted by Gasteiger charge is -2.40. The van der Waals surface area contributed by atoms with E-state index in [-0.39, 0.29) is 11.7 Å². The first-order valence-electron chi connectivity index (χ1n) is 10.5. The molecule has 0 radical (unpaired) electrons. The average Bonchev–Trinajstić information content (AvgIpc) is 2.80. The summed E-state index contributed by atoms with van der Waals surface area (Å²) in [6, 6.07) is 13.9. The SMILES string of the molecule is COc1cc(OC)c2c(c1)N(CC1C=CC(F)=CC1)C(O)C(Cc1ccccc1)=C2C. The molecule has 2 aromatic rings. The molecule has 2 aliphatic rings. The van der Waals surface area contributed by atoms with Crippen LogP contribution in [0, 0.1) is 5.92 Å². The van der Waals surface area contributed by atoms with Crippen molar-refractivity contribution in [2.45, 2.75) is 26.0 Å². The lowest BCUT2D eigenvalue weighted by molar-refractivity contribution is 0.196. The molecule has 0 fully saturated rings. The summed E-state index contributed by atoms with van der Waals surface area (Å²) < 4.78 is 24.7. The first kappa shape index (κ1) is 21.2. The van der Waals surface area contributed by atoms with Crippen molar-refractivity contribution in [3.05, 3.63) is 83.2 Å². The number of methoxy groups -OCH3 is 2. The lowest BCUT2D eigenvalue weighted by Crippen LogP contribution is -2.43. The van der Waals surface area contributed by atoms with Crippen molar-refractivity contribution in [3.8, 4) is 11.5 Å². The number of nitrogens with zero attached hydrogens (tertiary/aromatic N) is 1. The number of fused-ring (bicyclic) bond motifs is 1. The summed E-state index contributed by atoms with van der Waals surface area (Å²) in [5.74, 6) is 1.26. The normalized spacial score (nSPS) is 20.4. The topological polar surface area (TPSA) is 41.9 Å². The van der Waals surface area contributed by atoms with E-state index in [2.05, 4.69) is 12.1 Å². The van der Waals surface area contributed by atoms with Crippen LogP contribution in [-0.4, -0.2) is 32.1 Å². The van der Waals surface area contributed by atoms with Gasteiger partial charge in [-0.15, -0.1) is 0 Å². The predicted octanol–water partition coefficient (Wildman–Crippen LogP) is 5.29. The van der Waals surface area contributed by atoms with E-state index in [0.29, 0.717) is 30.9 Å². The molecule has 5 heteroatoms. The van der Waals surface area contributed by atoms with Crippen LogP contribution in [0.5, 0.6) is 11.5 Å². The number of rotatable bonds is 6. The van der Waals surface area contributed by atoms with Crippen molar-refractivity contribution in [1.29, 1.82) is 0 Å². The van der Waals surface area contributed by atoms with Gasteiger partial charge < -0.3 is 19.5 Å². The molecule has 4 rings (SSSR count). The Bertz CT molecular complexity index is 1040. The quantitative estimate of drug-likeness (QED) is 0.688. The molecule has 0 aromatic heterocycles. The third-order valence-corrected chi connectivity index (χ3v) is 6.10. The summed E-state index contributed by atoms with van der Waals surface area (Å²) in [6.07, 6.45) is 5.41. The monoisotopic (exact) mass is 421 g/mol. The highest BCUT2D eigenvalue weighted by Crippen LogP contribution is 2.46. The molecule has 1 heterocycles. The average molecular weight is 422 g/mol. The van der Waals surface area contributed by atoms with Gasteiger partial charge in [0.1, 0.15) is 23.6 Å². The molecule has 1 aliphatic carbocycles. The minimum atomic E-state index is -0.798. The third-order valence-electron chi connectivity index (χ3n) is 6.10. The molecule has 0 saturated heterocycles. The van der Waals surface area contributed by atoms with Crippen LogP contribution in [0.1, 0.15) is 24.5 Å². The van der Waals surface area contributed by atoms with Crippen LogP contribution in [0.4, 0.5) is 10.1 Å². The van der Waals surface area contributed by atoms with E-state index >= 15 is 0 Å². The number of ether oxygens (including phenoxy) is 2. The summed E-state index contributed by atoms with van der Waals surface area (Å²) in [4.78, 5) is 1.98. The summed E-state index contributed by atoms with van der Waals surface area (Å²) in [6.45, 7) is 2.58. The molecular formula is C26H28FNO3. The number of allylic oxidation sites excluding steroid dienone is 4. The summed E-state index contributed by atoms with van der Waals surface area (Å²) in [5.41, 5.74) is 4.90. The highest BCUT2D eigenvalue weighted by atomic mass is 19.1. The van der Waals surface area contributed by atoms with E-state index in [9.17, 15) is 9.50 Å². The van der Waals surface area contributed by atoms with Gasteiger partial charge in [0.25, 0.3) is 0 Å². The van der Waals surface area contributed by atoms with E-state index in [1.165, 1.54) is 6.08 Å². The van der Waals surface area contributed by atoms with Crippen LogP contribution in [0.3, 0.4) is 0 Å². The largest absolute Gasteiger partial charge is 0.497 e. The second-order valence-electron chi connectivity index (χ2n) is 8.01. The van der Waals surface area contributed by atoms with Gasteiger partial charge in [-0.3, -0.25) is 0 Å². The van der Waals surface area contributed by atoms with Crippen molar-refractivity contribution in [1.82, 2.24) is 0 Å². The molecular weight excluding hydrogens is 393 g/mol. The number of hydrogen-bond donors (Lipinski definition) is 1. The van der Waals surface area contributed by atoms with Gasteiger partial charge >= 0.3 is 0 Å². The molecule has 1 aliphatic heterocycles. The van der Waals surface area contributed by atoms with Gasteiger partial charge in [-0.05, 0) is 54.5 Å². The highest BCUT2D eigenvalue weighted by Gasteiger charge is 2.34. The van der Waals surface area contributed by atoms with Crippen molar-refractivity contribution in [3.63, 3.8) is 0 Å². The molecule has 2 unspecified atom stereocenters. The Hall–Kier alpha value is -3.05. The van der Waals surface area contributed by atoms with E-state index < -0.39 is 6.23 Å². The van der Waals surface area contributed by atoms with Gasteiger partial charge in [0.15, 0.2) is 0 Å². The molecule has 31 heavy (non-hydrogen) atoms. The number of hydrogen-bond acceptors (Lipinski definition) is 4. The maximum atomic E-state index is 13.5. The van der Waals surface area contributed by atoms with Gasteiger partial charge in [-0.2, -0.15) is 0 Å². The van der Waals surface area contributed by atoms with Gasteiger partial charge in [0, 0.05) is 24.2 Å². The van der Waals surface area contributed by atoms with Crippen molar-refractivity contribution in [2.24, 2.45) is 5.92 Å². The van der Waals surface area contributed by atoms with Gasteiger partial charge in [0.05, 0.1) is 19.9 Å². The van der Waals surface area contributed by atoms with Crippen LogP contribution in [0.15, 0.2) is 72.1 Å². The third kappa shape index (κ3) is 4.23. The summed E-state index contributed by atoms with van der Waals surface area (Å²) in [5, 5.41) is 11.5. The maximum Gasteiger partial charge on any atom is 0.150 e. The zero-order valence-corrected chi connectivity index (χ0v) is 18.1. The molecule has 0 saturated carbocycles. The molecule has 162 valence electrons. The Morgan fingerprint density at radius 3 is 2.55 bits per heavy atom. The first-order chi connectivity index (χ1) is 15.0. The fourth-order valence-electron chi connectivity index (χ4n) is 4.40. The van der Waals surface area contributed by atoms with Gasteiger partial charge in [0.2, 0.25) is 0 Å². The maximum absolute atomic E-state index is 13.5. The van der Waals surface area contributed by atoms with Crippen LogP contribution in [0.2, 0.25) is 0 Å². The molecule has 4 nitrogen and oxygen atoms in total. The summed E-state index contributed by atoms with van der Waals surface area (Å²) >= 11 is 0. The van der Waals surface area contributed by atoms with Crippen molar-refractivity contribution >= 4 is 11.3 Å². The Kier molecular flexibility index (Phi) is 6.14. The van der Waals surface area contributed by atoms with E-state index in [1.54, 1.807) is 20.3 Å². The van der Waals surface area contributed by atoms with E-state index in [0.717, 1.165) is 28.0 Å². The zero-order valence-electron chi connectivity index (χ0n) is 18.1. The standard InChI is InChI=1S/C26H28FNO3/c1-17-22(13-18-7-5-4-6-8-18)26(29)28(16-19-9-11-20(27)12-10-19)23-14-21(30-2)15-24(31-3)25(17)23/h4-9,11-12,14-15,19,26,29H,10,13,16H2,1-3H3. The highest BCUT2D eigenvalue weighted by molar-refractivity contribution is 5.87. The van der Waals surface area contributed by atoms with Crippen LogP contribution in [-0.2, 0) is 6.42 Å². The Morgan fingerprint density at radius 2 is 1.90 bits per heavy atom. The fourth-order valence-corrected chi connectivity index (χ4v) is 4.40. The second kappa shape index (κ2) is 8.98. The number of aliphatic hydroxyl groups excluding tert-OH is 1. The molecule has 0 bridgehead atoms. The van der Waals surface area contributed by atoms with Crippen LogP contribution < -0.4 is 14.4 Å². The molecule has 1 N–H and O–H groups in total. The zero-order chi connectivity index (χ0) is 22.0. The fraction of sp³-hybridized carbons (Fsp3) is 0.308. The van der Waals surface area contributed by atoms with Gasteiger partial charge in [-0.1, -0.05) is 36.4 Å². The minimum absolute atomic E-state index is 0.0931. The van der Waals surface area contributed by atoms with Crippen molar-refractivity contribution < 1.29 is 19.0 Å². The first-order valence-corrected chi connectivity index (χ1v) is 10.5. The number of halogens is 1. The van der Waals surface area contributed by atoms with E-state index in [1.807, 2.05) is 48.2 Å². The van der Waals surface area contributed by atoms with Crippen LogP contribution in [0.25, 0.3) is 5.57 Å². The van der Waals surface area contributed by atoms with E-state index in [4.69, 9.17) is 9.47 Å². The molecule has 2 aromatic carbocycles. The summed E-state index contributed by atoms with van der Waals surface area (Å²) in [7, 11) is 3.26. The molecule has 0 spiro atoms. The molecule has 0 amide bonds. The molecule has 2 atom stereocenters. The Labute approximate surface area is 182 Å². The van der Waals surface area contributed by atoms with Gasteiger partial charge in [-0.25, -0.2) is 4.39 Å². The lowest BCUT2D eigenvalue weighted by atomic mass is 9.87. The predicted molar refractivity (Wildman–Crippen MR) is 122 cm³/mol. The van der Waals surface area contributed by atoms with Crippen molar-refractivity contribution in [2.75, 3.05) is 25.7 Å². The Balaban J connectivity index is 1.80. The smallest absolute Gasteiger partial charge is 0.150 e. The second-order valence-corrected chi connectivity index (χ2v) is 8.01. The number of benzene rings is 2. The number of anilines is 1. The Morgan fingerprint density at radius 1 is 1.13 bits per heavy atom.